The lowest BCUT2D eigenvalue weighted by molar-refractivity contribution is -0.131. The Morgan fingerprint density at radius 1 is 1.42 bits per heavy atom. The van der Waals surface area contributed by atoms with Crippen molar-refractivity contribution in [3.05, 3.63) is 24.5 Å². The minimum absolute atomic E-state index is 0.0835. The molecule has 2 rings (SSSR count). The lowest BCUT2D eigenvalue weighted by Gasteiger charge is -2.23. The van der Waals surface area contributed by atoms with E-state index in [2.05, 4.69) is 15.4 Å². The fraction of sp³-hybridized carbons (Fsp3) is 0.462. The van der Waals surface area contributed by atoms with Gasteiger partial charge >= 0.3 is 0 Å². The normalized spacial score (nSPS) is 12.4. The van der Waals surface area contributed by atoms with Crippen LogP contribution in [0.4, 0.5) is 5.82 Å². The molecule has 102 valence electrons. The average Bonchev–Trinajstić information content (AvgIpc) is 2.87. The van der Waals surface area contributed by atoms with Crippen molar-refractivity contribution in [1.82, 2.24) is 19.5 Å². The van der Waals surface area contributed by atoms with Crippen molar-refractivity contribution in [2.45, 2.75) is 26.8 Å². The lowest BCUT2D eigenvalue weighted by Crippen LogP contribution is -2.41. The van der Waals surface area contributed by atoms with Gasteiger partial charge in [-0.25, -0.2) is 9.50 Å². The summed E-state index contributed by atoms with van der Waals surface area (Å²) in [5.41, 5.74) is 0.757. The summed E-state index contributed by atoms with van der Waals surface area (Å²) in [4.78, 5) is 18.3. The number of anilines is 1. The molecule has 2 aromatic rings. The molecular weight excluding hydrogens is 242 g/mol. The zero-order chi connectivity index (χ0) is 13.8. The summed E-state index contributed by atoms with van der Waals surface area (Å²) in [5, 5.41) is 7.21. The molecule has 0 radical (unpaired) electrons. The van der Waals surface area contributed by atoms with E-state index in [0.717, 1.165) is 18.7 Å². The molecule has 0 saturated heterocycles. The number of carbonyl (C=O) groups excluding carboxylic acids is 1. The number of carbonyl (C=O) groups is 1. The maximum atomic E-state index is 12.1. The van der Waals surface area contributed by atoms with E-state index in [-0.39, 0.29) is 11.9 Å². The summed E-state index contributed by atoms with van der Waals surface area (Å²) in [6, 6.07) is 3.34. The number of nitrogens with one attached hydrogen (secondary N) is 1. The zero-order valence-corrected chi connectivity index (χ0v) is 11.5. The van der Waals surface area contributed by atoms with Crippen LogP contribution in [-0.2, 0) is 4.79 Å². The Balaban J connectivity index is 2.09. The minimum Gasteiger partial charge on any atom is -0.359 e. The molecule has 19 heavy (non-hydrogen) atoms. The SMILES string of the molecule is CCN(CC)C(=O)C(C)Nc1ccn2nccc2n1. The molecule has 0 saturated carbocycles. The van der Waals surface area contributed by atoms with E-state index in [1.54, 1.807) is 15.6 Å². The number of hydrogen-bond acceptors (Lipinski definition) is 4. The Morgan fingerprint density at radius 2 is 2.16 bits per heavy atom. The number of amides is 1. The van der Waals surface area contributed by atoms with Gasteiger partial charge in [0.25, 0.3) is 0 Å². The minimum atomic E-state index is -0.294. The van der Waals surface area contributed by atoms with Gasteiger partial charge in [-0.3, -0.25) is 4.79 Å². The molecule has 1 amide bonds. The van der Waals surface area contributed by atoms with Crippen molar-refractivity contribution in [2.75, 3.05) is 18.4 Å². The Hall–Kier alpha value is -2.11. The zero-order valence-electron chi connectivity index (χ0n) is 11.5. The van der Waals surface area contributed by atoms with Crippen LogP contribution >= 0.6 is 0 Å². The number of rotatable bonds is 5. The fourth-order valence-corrected chi connectivity index (χ4v) is 1.99. The van der Waals surface area contributed by atoms with Gasteiger partial charge in [0.15, 0.2) is 5.65 Å². The number of likely N-dealkylation sites (N-methyl/N-ethyl adjacent to an activating group) is 1. The summed E-state index contributed by atoms with van der Waals surface area (Å²) in [6.45, 7) is 7.24. The van der Waals surface area contributed by atoms with Gasteiger partial charge in [0, 0.05) is 25.4 Å². The van der Waals surface area contributed by atoms with E-state index in [4.69, 9.17) is 0 Å². The number of hydrogen-bond donors (Lipinski definition) is 1. The lowest BCUT2D eigenvalue weighted by atomic mass is 10.2. The van der Waals surface area contributed by atoms with E-state index in [1.807, 2.05) is 39.1 Å². The first-order valence-electron chi connectivity index (χ1n) is 6.51. The topological polar surface area (TPSA) is 62.5 Å². The van der Waals surface area contributed by atoms with Gasteiger partial charge in [-0.1, -0.05) is 0 Å². The van der Waals surface area contributed by atoms with Crippen LogP contribution in [0.2, 0.25) is 0 Å². The molecule has 1 N–H and O–H groups in total. The van der Waals surface area contributed by atoms with Gasteiger partial charge in [0.05, 0.1) is 6.20 Å². The molecule has 2 heterocycles. The molecule has 0 aromatic carbocycles. The van der Waals surface area contributed by atoms with Crippen molar-refractivity contribution in [3.8, 4) is 0 Å². The molecule has 0 aliphatic carbocycles. The van der Waals surface area contributed by atoms with E-state index >= 15 is 0 Å². The first-order valence-corrected chi connectivity index (χ1v) is 6.51. The van der Waals surface area contributed by atoms with Crippen LogP contribution in [0.5, 0.6) is 0 Å². The van der Waals surface area contributed by atoms with Crippen LogP contribution in [-0.4, -0.2) is 44.5 Å². The van der Waals surface area contributed by atoms with Gasteiger partial charge in [0.1, 0.15) is 11.9 Å². The van der Waals surface area contributed by atoms with Crippen LogP contribution in [0.15, 0.2) is 24.5 Å². The van der Waals surface area contributed by atoms with Crippen molar-refractivity contribution < 1.29 is 4.79 Å². The summed E-state index contributed by atoms with van der Waals surface area (Å²) < 4.78 is 1.68. The highest BCUT2D eigenvalue weighted by atomic mass is 16.2. The summed E-state index contributed by atoms with van der Waals surface area (Å²) in [7, 11) is 0. The fourth-order valence-electron chi connectivity index (χ4n) is 1.99. The van der Waals surface area contributed by atoms with Gasteiger partial charge in [-0.15, -0.1) is 0 Å². The van der Waals surface area contributed by atoms with Gasteiger partial charge in [-0.2, -0.15) is 5.10 Å². The highest BCUT2D eigenvalue weighted by molar-refractivity contribution is 5.84. The second kappa shape index (κ2) is 5.69. The predicted molar refractivity (Wildman–Crippen MR) is 74.0 cm³/mol. The number of nitrogens with zero attached hydrogens (tertiary/aromatic N) is 4. The van der Waals surface area contributed by atoms with E-state index in [9.17, 15) is 4.79 Å². The van der Waals surface area contributed by atoms with Crippen molar-refractivity contribution >= 4 is 17.4 Å². The standard InChI is InChI=1S/C13H19N5O/c1-4-17(5-2)13(19)10(3)15-11-7-9-18-12(16-11)6-8-14-18/h6-10H,4-5H2,1-3H3,(H,15,16). The third-order valence-electron chi connectivity index (χ3n) is 3.07. The number of fused-ring (bicyclic) bond motifs is 1. The Kier molecular flexibility index (Phi) is 3.99. The smallest absolute Gasteiger partial charge is 0.244 e. The van der Waals surface area contributed by atoms with Crippen molar-refractivity contribution in [2.24, 2.45) is 0 Å². The Labute approximate surface area is 112 Å². The molecule has 2 aromatic heterocycles. The largest absolute Gasteiger partial charge is 0.359 e. The van der Waals surface area contributed by atoms with Crippen LogP contribution in [0.25, 0.3) is 5.65 Å². The molecule has 6 heteroatoms. The van der Waals surface area contributed by atoms with Gasteiger partial charge in [-0.05, 0) is 26.8 Å². The molecule has 0 fully saturated rings. The molecule has 0 spiro atoms. The van der Waals surface area contributed by atoms with Crippen molar-refractivity contribution in [3.63, 3.8) is 0 Å². The quantitative estimate of drug-likeness (QED) is 0.883. The second-order valence-corrected chi connectivity index (χ2v) is 4.32. The molecule has 0 aliphatic rings. The van der Waals surface area contributed by atoms with Crippen LogP contribution in [0, 0.1) is 0 Å². The first-order chi connectivity index (χ1) is 9.15. The first kappa shape index (κ1) is 13.3. The highest BCUT2D eigenvalue weighted by Gasteiger charge is 2.18. The molecular formula is C13H19N5O. The maximum absolute atomic E-state index is 12.1. The number of aromatic nitrogens is 3. The van der Waals surface area contributed by atoms with Gasteiger partial charge < -0.3 is 10.2 Å². The second-order valence-electron chi connectivity index (χ2n) is 4.32. The molecule has 0 aliphatic heterocycles. The molecule has 1 atom stereocenters. The molecule has 0 bridgehead atoms. The molecule has 6 nitrogen and oxygen atoms in total. The highest BCUT2D eigenvalue weighted by Crippen LogP contribution is 2.08. The van der Waals surface area contributed by atoms with E-state index in [0.29, 0.717) is 5.82 Å². The van der Waals surface area contributed by atoms with Crippen LogP contribution < -0.4 is 5.32 Å². The van der Waals surface area contributed by atoms with Crippen LogP contribution in [0.3, 0.4) is 0 Å². The maximum Gasteiger partial charge on any atom is 0.244 e. The average molecular weight is 261 g/mol. The van der Waals surface area contributed by atoms with E-state index in [1.165, 1.54) is 0 Å². The third-order valence-corrected chi connectivity index (χ3v) is 3.07. The van der Waals surface area contributed by atoms with Crippen LogP contribution in [0.1, 0.15) is 20.8 Å². The summed E-state index contributed by atoms with van der Waals surface area (Å²) >= 11 is 0. The Morgan fingerprint density at radius 3 is 2.84 bits per heavy atom. The summed E-state index contributed by atoms with van der Waals surface area (Å²) in [6.07, 6.45) is 3.51. The van der Waals surface area contributed by atoms with Gasteiger partial charge in [0.2, 0.25) is 5.91 Å². The summed E-state index contributed by atoms with van der Waals surface area (Å²) in [5.74, 6) is 0.765. The van der Waals surface area contributed by atoms with Crippen molar-refractivity contribution in [1.29, 1.82) is 0 Å². The monoisotopic (exact) mass is 261 g/mol. The Bertz CT molecular complexity index is 561. The predicted octanol–water partition coefficient (Wildman–Crippen LogP) is 1.40. The molecule has 1 unspecified atom stereocenters. The third kappa shape index (κ3) is 2.83. The van der Waals surface area contributed by atoms with E-state index < -0.39 is 0 Å².